The number of thiazole rings is 2. The molecule has 1 amide bonds. The molecule has 2 heterocycles. The van der Waals surface area contributed by atoms with Crippen LogP contribution in [-0.4, -0.2) is 48.4 Å². The number of carbonyl (C=O) groups is 2. The van der Waals surface area contributed by atoms with Gasteiger partial charge < -0.3 is 10.1 Å². The Bertz CT molecular complexity index is 2660. The molecule has 0 aliphatic heterocycles. The molecule has 56 heavy (non-hydrogen) atoms. The Morgan fingerprint density at radius 2 is 1.34 bits per heavy atom. The molecule has 0 saturated heterocycles. The van der Waals surface area contributed by atoms with Crippen LogP contribution in [-0.2, 0) is 29.6 Å². The Kier molecular flexibility index (Phi) is 12.9. The third-order valence-corrected chi connectivity index (χ3v) is 12.4. The zero-order chi connectivity index (χ0) is 40.0. The summed E-state index contributed by atoms with van der Waals surface area (Å²) in [5.41, 5.74) is 1.41. The Morgan fingerprint density at radius 1 is 0.750 bits per heavy atom. The van der Waals surface area contributed by atoms with Crippen molar-refractivity contribution in [2.45, 2.75) is 19.5 Å². The maximum absolute atomic E-state index is 12.8. The summed E-state index contributed by atoms with van der Waals surface area (Å²) >= 11 is 25.6. The maximum atomic E-state index is 12.8. The van der Waals surface area contributed by atoms with E-state index in [1.807, 2.05) is 0 Å². The van der Waals surface area contributed by atoms with Crippen LogP contribution in [0.3, 0.4) is 0 Å². The van der Waals surface area contributed by atoms with E-state index in [2.05, 4.69) is 35.0 Å². The average molecular weight is 912 g/mol. The van der Waals surface area contributed by atoms with Crippen molar-refractivity contribution in [3.05, 3.63) is 107 Å². The van der Waals surface area contributed by atoms with Crippen molar-refractivity contribution in [2.75, 3.05) is 14.8 Å². The highest BCUT2D eigenvalue weighted by molar-refractivity contribution is 7.93. The van der Waals surface area contributed by atoms with Gasteiger partial charge in [0.05, 0.1) is 26.9 Å². The number of aromatic nitrogens is 2. The lowest BCUT2D eigenvalue weighted by molar-refractivity contribution is -0.132. The maximum Gasteiger partial charge on any atom is 0.344 e. The van der Waals surface area contributed by atoms with Crippen LogP contribution >= 0.6 is 69.1 Å². The van der Waals surface area contributed by atoms with Gasteiger partial charge in [0.25, 0.3) is 26.0 Å². The number of amides is 1. The van der Waals surface area contributed by atoms with E-state index in [4.69, 9.17) is 51.1 Å². The monoisotopic (exact) mass is 909 g/mol. The molecule has 4 aromatic carbocycles. The van der Waals surface area contributed by atoms with Crippen molar-refractivity contribution < 1.29 is 31.2 Å². The minimum absolute atomic E-state index is 0.00439. The number of anilines is 3. The lowest BCUT2D eigenvalue weighted by Crippen LogP contribution is -2.19. The van der Waals surface area contributed by atoms with Gasteiger partial charge >= 0.3 is 5.97 Å². The van der Waals surface area contributed by atoms with Gasteiger partial charge in [-0.3, -0.25) is 14.2 Å². The first-order valence-corrected chi connectivity index (χ1v) is 22.0. The van der Waals surface area contributed by atoms with E-state index in [9.17, 15) is 26.4 Å². The first kappa shape index (κ1) is 41.0. The highest BCUT2D eigenvalue weighted by atomic mass is 35.5. The van der Waals surface area contributed by atoms with Crippen molar-refractivity contribution >= 4 is 151 Å². The minimum atomic E-state index is -3.94. The average Bonchev–Trinajstić information content (AvgIpc) is 3.88. The third-order valence-electron chi connectivity index (χ3n) is 7.33. The molecule has 288 valence electrons. The second-order valence-electron chi connectivity index (χ2n) is 11.0. The first-order valence-electron chi connectivity index (χ1n) is 15.5. The van der Waals surface area contributed by atoms with E-state index in [1.165, 1.54) is 60.9 Å². The minimum Gasteiger partial charge on any atom is -0.423 e. The largest absolute Gasteiger partial charge is 0.423 e. The number of hydrogen-bond acceptors (Lipinski definition) is 13. The molecule has 2 aromatic heterocycles. The van der Waals surface area contributed by atoms with Crippen molar-refractivity contribution in [3.63, 3.8) is 0 Å². The highest BCUT2D eigenvalue weighted by Gasteiger charge is 2.23. The molecule has 0 unspecified atom stereocenters. The molecule has 0 radical (unpaired) electrons. The molecule has 0 fully saturated rings. The number of halogens is 4. The van der Waals surface area contributed by atoms with Gasteiger partial charge in [-0.05, 0) is 54.1 Å². The Hall–Kier alpha value is -4.66. The standard InChI is InChI=1S/C34H23Cl4N7O7S4/c35-29(36)31(46)41-25-3-1-2-24-27(25)26(43-42-21-8-12-23(13-9-21)56(50,51)45-34-40-15-17-54-34)18-20(28(24)52-32(47)30(37)38)7-4-19-5-10-22(11-6-19)55(48,49)44-33-39-14-16-53-33/h1-18,29-30H,(H,39,44)(H,40,45)(H,41,46)/b7-4+,43-42?. The van der Waals surface area contributed by atoms with Crippen LogP contribution in [0.2, 0.25) is 0 Å². The van der Waals surface area contributed by atoms with Gasteiger partial charge in [-0.1, -0.05) is 82.8 Å². The van der Waals surface area contributed by atoms with Crippen LogP contribution in [0.25, 0.3) is 22.9 Å². The number of carbonyl (C=O) groups excluding carboxylic acids is 2. The Morgan fingerprint density at radius 3 is 1.88 bits per heavy atom. The summed E-state index contributed by atoms with van der Waals surface area (Å²) < 4.78 is 61.9. The fourth-order valence-electron chi connectivity index (χ4n) is 4.85. The number of nitrogens with one attached hydrogen (secondary N) is 3. The lowest BCUT2D eigenvalue weighted by Gasteiger charge is -2.16. The number of ether oxygens (including phenoxy) is 1. The summed E-state index contributed by atoms with van der Waals surface area (Å²) in [5, 5.41) is 15.6. The Balaban J connectivity index is 1.41. The Labute approximate surface area is 347 Å². The van der Waals surface area contributed by atoms with Crippen molar-refractivity contribution in [3.8, 4) is 5.75 Å². The second-order valence-corrected chi connectivity index (χ2v) is 18.4. The van der Waals surface area contributed by atoms with E-state index < -0.39 is 41.6 Å². The number of azo groups is 1. The van der Waals surface area contributed by atoms with Crippen molar-refractivity contribution in [1.29, 1.82) is 0 Å². The van der Waals surface area contributed by atoms with Crippen LogP contribution in [0.4, 0.5) is 27.3 Å². The first-order chi connectivity index (χ1) is 26.7. The lowest BCUT2D eigenvalue weighted by atomic mass is 10.0. The van der Waals surface area contributed by atoms with Crippen LogP contribution < -0.4 is 19.5 Å². The van der Waals surface area contributed by atoms with Crippen molar-refractivity contribution in [1.82, 2.24) is 9.97 Å². The number of rotatable bonds is 14. The summed E-state index contributed by atoms with van der Waals surface area (Å²) in [6, 6.07) is 17.7. The summed E-state index contributed by atoms with van der Waals surface area (Å²) in [5.74, 6) is -1.79. The molecule has 0 saturated carbocycles. The fraction of sp³-hybridized carbons (Fsp3) is 0.0588. The number of hydrogen-bond donors (Lipinski definition) is 3. The topological polar surface area (TPSA) is 198 Å². The zero-order valence-electron chi connectivity index (χ0n) is 27.8. The van der Waals surface area contributed by atoms with Gasteiger partial charge in [0.2, 0.25) is 4.84 Å². The SMILES string of the molecule is O=C(Nc1cccc2c(OC(=O)C(Cl)Cl)c(/C=C/c3ccc(S(=O)(=O)Nc4nccs4)cc3)cc(N=Nc3ccc(S(=O)(=O)Nc4nccs4)cc3)c12)C(Cl)Cl. The van der Waals surface area contributed by atoms with E-state index >= 15 is 0 Å². The molecular weight excluding hydrogens is 888 g/mol. The second kappa shape index (κ2) is 17.6. The molecule has 6 rings (SSSR count). The van der Waals surface area contributed by atoms with E-state index in [1.54, 1.807) is 47.2 Å². The summed E-state index contributed by atoms with van der Waals surface area (Å²) in [7, 11) is -7.84. The summed E-state index contributed by atoms with van der Waals surface area (Å²) in [6.07, 6.45) is 6.14. The highest BCUT2D eigenvalue weighted by Crippen LogP contribution is 2.43. The molecule has 14 nitrogen and oxygen atoms in total. The van der Waals surface area contributed by atoms with Gasteiger partial charge in [0.15, 0.2) is 15.1 Å². The molecule has 6 aromatic rings. The molecule has 0 aliphatic rings. The van der Waals surface area contributed by atoms with Gasteiger partial charge in [0, 0.05) is 39.5 Å². The third kappa shape index (κ3) is 10.0. The molecule has 0 bridgehead atoms. The number of alkyl halides is 4. The number of fused-ring (bicyclic) bond motifs is 1. The van der Waals surface area contributed by atoms with E-state index in [-0.39, 0.29) is 59.2 Å². The normalized spacial score (nSPS) is 12.2. The van der Waals surface area contributed by atoms with Gasteiger partial charge in [-0.2, -0.15) is 5.11 Å². The molecule has 3 N–H and O–H groups in total. The predicted molar refractivity (Wildman–Crippen MR) is 221 cm³/mol. The number of benzene rings is 4. The molecule has 0 aliphatic carbocycles. The van der Waals surface area contributed by atoms with Gasteiger partial charge in [-0.15, -0.1) is 27.8 Å². The van der Waals surface area contributed by atoms with Crippen LogP contribution in [0.5, 0.6) is 5.75 Å². The molecule has 0 spiro atoms. The van der Waals surface area contributed by atoms with E-state index in [0.717, 1.165) is 22.7 Å². The fourth-order valence-corrected chi connectivity index (χ4v) is 8.63. The molecule has 22 heteroatoms. The quantitative estimate of drug-likeness (QED) is 0.0313. The summed E-state index contributed by atoms with van der Waals surface area (Å²) in [6.45, 7) is 0. The number of esters is 1. The number of sulfonamides is 2. The van der Waals surface area contributed by atoms with Gasteiger partial charge in [0.1, 0.15) is 5.75 Å². The molecule has 0 atom stereocenters. The van der Waals surface area contributed by atoms with Gasteiger partial charge in [-0.25, -0.2) is 31.6 Å². The van der Waals surface area contributed by atoms with Crippen LogP contribution in [0.1, 0.15) is 11.1 Å². The molecular formula is C34H23Cl4N7O7S4. The van der Waals surface area contributed by atoms with Crippen LogP contribution in [0, 0.1) is 0 Å². The van der Waals surface area contributed by atoms with Crippen molar-refractivity contribution in [2.24, 2.45) is 10.2 Å². The van der Waals surface area contributed by atoms with E-state index in [0.29, 0.717) is 5.56 Å². The number of nitrogens with zero attached hydrogens (tertiary/aromatic N) is 4. The van der Waals surface area contributed by atoms with Crippen LogP contribution in [0.15, 0.2) is 116 Å². The smallest absolute Gasteiger partial charge is 0.344 e. The zero-order valence-corrected chi connectivity index (χ0v) is 34.1. The predicted octanol–water partition coefficient (Wildman–Crippen LogP) is 9.39. The summed E-state index contributed by atoms with van der Waals surface area (Å²) in [4.78, 5) is 30.3.